The van der Waals surface area contributed by atoms with Crippen molar-refractivity contribution in [3.63, 3.8) is 0 Å². The van der Waals surface area contributed by atoms with Crippen LogP contribution in [0.4, 0.5) is 30.7 Å². The number of unbranched alkanes of at least 4 members (excludes halogenated alkanes) is 2. The minimum absolute atomic E-state index is 0.336. The highest BCUT2D eigenvalue weighted by molar-refractivity contribution is 5.87. The standard InChI is InChI=1S/C24H19F7N2O3/c1-2-3-4-5-13-11-32-21(33-12-13)22(34)35-15-9-17(26)20(18(27)10-15)14-6-7-19(16(25)8-14)36-24(30,31)23(28)29/h6-12,23H,2-5H2,1H3. The van der Waals surface area contributed by atoms with E-state index in [4.69, 9.17) is 4.74 Å². The summed E-state index contributed by atoms with van der Waals surface area (Å²) in [6, 6.07) is 3.03. The minimum atomic E-state index is -4.97. The van der Waals surface area contributed by atoms with Gasteiger partial charge >= 0.3 is 18.5 Å². The Morgan fingerprint density at radius 2 is 1.61 bits per heavy atom. The van der Waals surface area contributed by atoms with E-state index < -0.39 is 58.6 Å². The van der Waals surface area contributed by atoms with Crippen LogP contribution in [-0.4, -0.2) is 28.5 Å². The maximum absolute atomic E-state index is 14.6. The van der Waals surface area contributed by atoms with E-state index in [-0.39, 0.29) is 5.82 Å². The van der Waals surface area contributed by atoms with Gasteiger partial charge in [-0.15, -0.1) is 0 Å². The van der Waals surface area contributed by atoms with Gasteiger partial charge in [0.2, 0.25) is 5.82 Å². The van der Waals surface area contributed by atoms with Crippen LogP contribution in [0, 0.1) is 17.5 Å². The topological polar surface area (TPSA) is 61.3 Å². The van der Waals surface area contributed by atoms with Gasteiger partial charge in [-0.05, 0) is 36.1 Å². The third-order valence-corrected chi connectivity index (χ3v) is 4.90. The summed E-state index contributed by atoms with van der Waals surface area (Å²) in [5.41, 5.74) is -0.424. The van der Waals surface area contributed by atoms with Gasteiger partial charge in [-0.3, -0.25) is 0 Å². The first-order valence-corrected chi connectivity index (χ1v) is 10.7. The van der Waals surface area contributed by atoms with Crippen LogP contribution in [0.25, 0.3) is 11.1 Å². The Bertz CT molecular complexity index is 1200. The highest BCUT2D eigenvalue weighted by atomic mass is 19.3. The van der Waals surface area contributed by atoms with Crippen molar-refractivity contribution in [1.29, 1.82) is 0 Å². The molecule has 3 aromatic rings. The van der Waals surface area contributed by atoms with E-state index >= 15 is 0 Å². The number of rotatable bonds is 10. The quantitative estimate of drug-likeness (QED) is 0.129. The van der Waals surface area contributed by atoms with Gasteiger partial charge in [0.25, 0.3) is 0 Å². The number of benzene rings is 2. The number of hydrogen-bond donors (Lipinski definition) is 0. The van der Waals surface area contributed by atoms with Gasteiger partial charge < -0.3 is 9.47 Å². The average molecular weight is 516 g/mol. The van der Waals surface area contributed by atoms with E-state index in [0.29, 0.717) is 24.3 Å². The summed E-state index contributed by atoms with van der Waals surface area (Å²) in [7, 11) is 0. The van der Waals surface area contributed by atoms with Gasteiger partial charge in [-0.2, -0.15) is 17.6 Å². The van der Waals surface area contributed by atoms with Crippen LogP contribution < -0.4 is 9.47 Å². The second kappa shape index (κ2) is 11.4. The number of aryl methyl sites for hydroxylation is 1. The first-order chi connectivity index (χ1) is 17.0. The SMILES string of the molecule is CCCCCc1cnc(C(=O)Oc2cc(F)c(-c3ccc(OC(F)(F)C(F)F)c(F)c3)c(F)c2)nc1. The molecule has 0 atom stereocenters. The third kappa shape index (κ3) is 6.49. The zero-order valence-corrected chi connectivity index (χ0v) is 18.7. The lowest BCUT2D eigenvalue weighted by Gasteiger charge is -2.17. The van der Waals surface area contributed by atoms with Crippen molar-refractivity contribution in [3.05, 3.63) is 71.6 Å². The van der Waals surface area contributed by atoms with Crippen LogP contribution in [0.1, 0.15) is 42.4 Å². The Kier molecular flexibility index (Phi) is 8.49. The molecular weight excluding hydrogens is 497 g/mol. The predicted molar refractivity (Wildman–Crippen MR) is 114 cm³/mol. The van der Waals surface area contributed by atoms with E-state index in [1.807, 2.05) is 0 Å². The minimum Gasteiger partial charge on any atom is -0.425 e. The van der Waals surface area contributed by atoms with Crippen LogP contribution >= 0.6 is 0 Å². The van der Waals surface area contributed by atoms with E-state index in [9.17, 15) is 35.5 Å². The molecule has 0 aliphatic heterocycles. The lowest BCUT2D eigenvalue weighted by Crippen LogP contribution is -2.33. The molecule has 1 aromatic heterocycles. The summed E-state index contributed by atoms with van der Waals surface area (Å²) >= 11 is 0. The molecular formula is C24H19F7N2O3. The first-order valence-electron chi connectivity index (χ1n) is 10.7. The van der Waals surface area contributed by atoms with E-state index in [0.717, 1.165) is 37.3 Å². The third-order valence-electron chi connectivity index (χ3n) is 4.90. The van der Waals surface area contributed by atoms with Gasteiger partial charge in [-0.1, -0.05) is 25.8 Å². The molecule has 0 N–H and O–H groups in total. The second-order valence-corrected chi connectivity index (χ2v) is 7.63. The molecule has 12 heteroatoms. The number of nitrogens with zero attached hydrogens (tertiary/aromatic N) is 2. The molecule has 0 saturated carbocycles. The number of esters is 1. The summed E-state index contributed by atoms with van der Waals surface area (Å²) in [6.45, 7) is 2.06. The summed E-state index contributed by atoms with van der Waals surface area (Å²) in [5, 5.41) is 0. The van der Waals surface area contributed by atoms with Gasteiger partial charge in [-0.25, -0.2) is 27.9 Å². The highest BCUT2D eigenvalue weighted by Crippen LogP contribution is 2.35. The summed E-state index contributed by atoms with van der Waals surface area (Å²) in [6.07, 6.45) is -2.59. The number of alkyl halides is 4. The fourth-order valence-electron chi connectivity index (χ4n) is 3.14. The lowest BCUT2D eigenvalue weighted by atomic mass is 10.0. The number of aromatic nitrogens is 2. The fraction of sp³-hybridized carbons (Fsp3) is 0.292. The van der Waals surface area contributed by atoms with Gasteiger partial charge in [0.1, 0.15) is 17.4 Å². The molecule has 0 unspecified atom stereocenters. The zero-order chi connectivity index (χ0) is 26.5. The van der Waals surface area contributed by atoms with Crippen LogP contribution in [0.3, 0.4) is 0 Å². The van der Waals surface area contributed by atoms with Crippen LogP contribution in [0.15, 0.2) is 42.7 Å². The number of ether oxygens (including phenoxy) is 2. The Labute approximate surface area is 200 Å². The summed E-state index contributed by atoms with van der Waals surface area (Å²) in [4.78, 5) is 20.0. The van der Waals surface area contributed by atoms with E-state index in [2.05, 4.69) is 21.6 Å². The van der Waals surface area contributed by atoms with Crippen molar-refractivity contribution in [1.82, 2.24) is 9.97 Å². The van der Waals surface area contributed by atoms with Crippen LogP contribution in [0.5, 0.6) is 11.5 Å². The monoisotopic (exact) mass is 516 g/mol. The number of halogens is 7. The van der Waals surface area contributed by atoms with Gasteiger partial charge in [0, 0.05) is 24.5 Å². The molecule has 1 heterocycles. The average Bonchev–Trinajstić information content (AvgIpc) is 2.80. The molecule has 0 aliphatic carbocycles. The zero-order valence-electron chi connectivity index (χ0n) is 18.7. The molecule has 36 heavy (non-hydrogen) atoms. The van der Waals surface area contributed by atoms with Crippen molar-refractivity contribution in [2.45, 2.75) is 45.1 Å². The Hall–Kier alpha value is -3.70. The molecule has 0 radical (unpaired) electrons. The molecule has 0 fully saturated rings. The highest BCUT2D eigenvalue weighted by Gasteiger charge is 2.44. The van der Waals surface area contributed by atoms with Crippen molar-refractivity contribution >= 4 is 5.97 Å². The summed E-state index contributed by atoms with van der Waals surface area (Å²) in [5.74, 6) is -7.31. The molecule has 192 valence electrons. The predicted octanol–water partition coefficient (Wildman–Crippen LogP) is 6.75. The smallest absolute Gasteiger partial charge is 0.425 e. The normalized spacial score (nSPS) is 11.6. The molecule has 3 rings (SSSR count). The first kappa shape index (κ1) is 26.9. The lowest BCUT2D eigenvalue weighted by molar-refractivity contribution is -0.254. The number of carbonyl (C=O) groups excluding carboxylic acids is 1. The molecule has 2 aromatic carbocycles. The Morgan fingerprint density at radius 3 is 2.17 bits per heavy atom. The number of carbonyl (C=O) groups is 1. The molecule has 0 amide bonds. The molecule has 5 nitrogen and oxygen atoms in total. The van der Waals surface area contributed by atoms with Crippen LogP contribution in [-0.2, 0) is 6.42 Å². The molecule has 0 spiro atoms. The van der Waals surface area contributed by atoms with Crippen LogP contribution in [0.2, 0.25) is 0 Å². The van der Waals surface area contributed by atoms with E-state index in [1.165, 1.54) is 12.4 Å². The second-order valence-electron chi connectivity index (χ2n) is 7.63. The Balaban J connectivity index is 1.75. The van der Waals surface area contributed by atoms with Crippen molar-refractivity contribution < 1.29 is 45.0 Å². The largest absolute Gasteiger partial charge is 0.461 e. The Morgan fingerprint density at radius 1 is 0.972 bits per heavy atom. The summed E-state index contributed by atoms with van der Waals surface area (Å²) < 4.78 is 102. The number of hydrogen-bond acceptors (Lipinski definition) is 5. The molecule has 0 saturated heterocycles. The van der Waals surface area contributed by atoms with E-state index in [1.54, 1.807) is 0 Å². The van der Waals surface area contributed by atoms with Crippen molar-refractivity contribution in [2.75, 3.05) is 0 Å². The van der Waals surface area contributed by atoms with Gasteiger partial charge in [0.05, 0.1) is 5.56 Å². The maximum Gasteiger partial charge on any atom is 0.461 e. The maximum atomic E-state index is 14.6. The van der Waals surface area contributed by atoms with Crippen molar-refractivity contribution in [3.8, 4) is 22.6 Å². The van der Waals surface area contributed by atoms with Crippen molar-refractivity contribution in [2.24, 2.45) is 0 Å². The molecule has 0 bridgehead atoms. The molecule has 0 aliphatic rings. The van der Waals surface area contributed by atoms with Gasteiger partial charge in [0.15, 0.2) is 11.6 Å². The fourth-order valence-corrected chi connectivity index (χ4v) is 3.14.